The number of halogens is 4. The lowest BCUT2D eigenvalue weighted by atomic mass is 10.1. The Balaban J connectivity index is 2.22. The highest BCUT2D eigenvalue weighted by molar-refractivity contribution is 6.33. The summed E-state index contributed by atoms with van der Waals surface area (Å²) in [5, 5.41) is 0.509. The fourth-order valence-electron chi connectivity index (χ4n) is 1.39. The van der Waals surface area contributed by atoms with Gasteiger partial charge in [0, 0.05) is 6.20 Å². The van der Waals surface area contributed by atoms with Crippen LogP contribution >= 0.6 is 11.6 Å². The predicted molar refractivity (Wildman–Crippen MR) is 57.9 cm³/mol. The van der Waals surface area contributed by atoms with Gasteiger partial charge in [-0.25, -0.2) is 0 Å². The number of aromatic nitrogens is 1. The minimum absolute atomic E-state index is 0.260. The first-order chi connectivity index (χ1) is 7.96. The molecule has 0 aliphatic heterocycles. The van der Waals surface area contributed by atoms with E-state index in [-0.39, 0.29) is 5.75 Å². The summed E-state index contributed by atoms with van der Waals surface area (Å²) in [4.78, 5) is 2.89. The summed E-state index contributed by atoms with van der Waals surface area (Å²) < 4.78 is 39.6. The normalized spacial score (nSPS) is 11.5. The number of H-pyrrole nitrogens is 1. The van der Waals surface area contributed by atoms with Crippen molar-refractivity contribution < 1.29 is 17.9 Å². The molecule has 0 aliphatic rings. The molecule has 0 amide bonds. The van der Waals surface area contributed by atoms with E-state index in [0.717, 1.165) is 0 Å². The number of rotatable bonds is 2. The van der Waals surface area contributed by atoms with Crippen molar-refractivity contribution in [1.29, 1.82) is 0 Å². The van der Waals surface area contributed by atoms with Crippen LogP contribution in [0, 0.1) is 0 Å². The molecule has 2 nitrogen and oxygen atoms in total. The van der Waals surface area contributed by atoms with Gasteiger partial charge >= 0.3 is 6.36 Å². The number of alkyl halides is 3. The third kappa shape index (κ3) is 2.94. The molecule has 6 heteroatoms. The minimum Gasteiger partial charge on any atom is -0.406 e. The van der Waals surface area contributed by atoms with E-state index < -0.39 is 6.36 Å². The van der Waals surface area contributed by atoms with Gasteiger partial charge < -0.3 is 9.72 Å². The zero-order chi connectivity index (χ0) is 12.5. The maximum Gasteiger partial charge on any atom is 0.573 e. The Morgan fingerprint density at radius 3 is 2.18 bits per heavy atom. The molecule has 1 aromatic heterocycles. The molecule has 1 aromatic carbocycles. The van der Waals surface area contributed by atoms with Crippen LogP contribution in [0.25, 0.3) is 11.3 Å². The van der Waals surface area contributed by atoms with Crippen LogP contribution in [0.4, 0.5) is 13.2 Å². The van der Waals surface area contributed by atoms with E-state index >= 15 is 0 Å². The van der Waals surface area contributed by atoms with E-state index in [0.29, 0.717) is 16.3 Å². The Labute approximate surface area is 100.0 Å². The third-order valence-corrected chi connectivity index (χ3v) is 2.39. The molecule has 0 fully saturated rings. The van der Waals surface area contributed by atoms with Crippen LogP contribution in [0.15, 0.2) is 36.5 Å². The predicted octanol–water partition coefficient (Wildman–Crippen LogP) is 4.23. The molecule has 0 aliphatic carbocycles. The maximum absolute atomic E-state index is 11.9. The van der Waals surface area contributed by atoms with Crippen LogP contribution in [0.1, 0.15) is 0 Å². The van der Waals surface area contributed by atoms with Gasteiger partial charge in [-0.05, 0) is 35.9 Å². The van der Waals surface area contributed by atoms with E-state index in [1.165, 1.54) is 24.3 Å². The highest BCUT2D eigenvalue weighted by atomic mass is 35.5. The Morgan fingerprint density at radius 2 is 1.71 bits per heavy atom. The zero-order valence-electron chi connectivity index (χ0n) is 8.38. The minimum atomic E-state index is -4.68. The second kappa shape index (κ2) is 4.33. The van der Waals surface area contributed by atoms with Crippen molar-refractivity contribution in [2.75, 3.05) is 0 Å². The molecule has 17 heavy (non-hydrogen) atoms. The number of aromatic amines is 1. The Kier molecular flexibility index (Phi) is 3.02. The van der Waals surface area contributed by atoms with E-state index in [4.69, 9.17) is 11.6 Å². The number of hydrogen-bond donors (Lipinski definition) is 1. The number of ether oxygens (including phenoxy) is 1. The van der Waals surface area contributed by atoms with E-state index in [1.807, 2.05) is 0 Å². The summed E-state index contributed by atoms with van der Waals surface area (Å²) >= 11 is 5.88. The van der Waals surface area contributed by atoms with Crippen LogP contribution in [0.2, 0.25) is 5.02 Å². The molecular weight excluding hydrogens is 255 g/mol. The van der Waals surface area contributed by atoms with Crippen LogP contribution in [0.5, 0.6) is 5.75 Å². The Hall–Kier alpha value is -1.62. The lowest BCUT2D eigenvalue weighted by Crippen LogP contribution is -2.16. The molecule has 0 bridgehead atoms. The van der Waals surface area contributed by atoms with Gasteiger partial charge in [0.2, 0.25) is 0 Å². The van der Waals surface area contributed by atoms with Crippen molar-refractivity contribution in [3.8, 4) is 17.0 Å². The van der Waals surface area contributed by atoms with Crippen molar-refractivity contribution in [3.63, 3.8) is 0 Å². The SMILES string of the molecule is FC(F)(F)Oc1ccc(-c2[nH]ccc2Cl)cc1. The number of hydrogen-bond acceptors (Lipinski definition) is 1. The first-order valence-electron chi connectivity index (χ1n) is 4.65. The Morgan fingerprint density at radius 1 is 1.06 bits per heavy atom. The van der Waals surface area contributed by atoms with Crippen molar-refractivity contribution in [2.45, 2.75) is 6.36 Å². The highest BCUT2D eigenvalue weighted by Gasteiger charge is 2.30. The summed E-state index contributed by atoms with van der Waals surface area (Å²) in [6.07, 6.45) is -3.02. The summed E-state index contributed by atoms with van der Waals surface area (Å²) in [7, 11) is 0. The molecule has 2 aromatic rings. The Bertz CT molecular complexity index is 504. The smallest absolute Gasteiger partial charge is 0.406 e. The number of nitrogens with one attached hydrogen (secondary N) is 1. The largest absolute Gasteiger partial charge is 0.573 e. The molecule has 0 unspecified atom stereocenters. The second-order valence-corrected chi connectivity index (χ2v) is 3.68. The van der Waals surface area contributed by atoms with Gasteiger partial charge in [0.05, 0.1) is 10.7 Å². The summed E-state index contributed by atoms with van der Waals surface area (Å²) in [6.45, 7) is 0. The summed E-state index contributed by atoms with van der Waals surface area (Å²) in [6, 6.07) is 7.13. The molecule has 0 atom stereocenters. The molecule has 0 spiro atoms. The van der Waals surface area contributed by atoms with Gasteiger partial charge in [0.15, 0.2) is 0 Å². The van der Waals surface area contributed by atoms with Crippen LogP contribution in [-0.4, -0.2) is 11.3 Å². The van der Waals surface area contributed by atoms with Gasteiger partial charge in [-0.15, -0.1) is 13.2 Å². The van der Waals surface area contributed by atoms with Gasteiger partial charge in [-0.3, -0.25) is 0 Å². The van der Waals surface area contributed by atoms with E-state index in [2.05, 4.69) is 9.72 Å². The second-order valence-electron chi connectivity index (χ2n) is 3.27. The molecule has 0 radical (unpaired) electrons. The topological polar surface area (TPSA) is 25.0 Å². The van der Waals surface area contributed by atoms with Crippen molar-refractivity contribution in [1.82, 2.24) is 4.98 Å². The lowest BCUT2D eigenvalue weighted by molar-refractivity contribution is -0.274. The average Bonchev–Trinajstić information content (AvgIpc) is 2.63. The molecule has 1 N–H and O–H groups in total. The number of benzene rings is 1. The van der Waals surface area contributed by atoms with E-state index in [9.17, 15) is 13.2 Å². The summed E-state index contributed by atoms with van der Waals surface area (Å²) in [5.74, 6) is -0.260. The monoisotopic (exact) mass is 261 g/mol. The zero-order valence-corrected chi connectivity index (χ0v) is 9.14. The van der Waals surface area contributed by atoms with E-state index in [1.54, 1.807) is 12.3 Å². The first-order valence-corrected chi connectivity index (χ1v) is 5.02. The standard InChI is InChI=1S/C11H7ClF3NO/c12-9-5-6-16-10(9)7-1-3-8(4-2-7)17-11(13,14)15/h1-6,16H. The van der Waals surface area contributed by atoms with Gasteiger partial charge in [-0.2, -0.15) is 0 Å². The van der Waals surface area contributed by atoms with Gasteiger partial charge in [0.1, 0.15) is 5.75 Å². The molecule has 90 valence electrons. The highest BCUT2D eigenvalue weighted by Crippen LogP contribution is 2.29. The van der Waals surface area contributed by atoms with Crippen LogP contribution in [-0.2, 0) is 0 Å². The van der Waals surface area contributed by atoms with Crippen LogP contribution < -0.4 is 4.74 Å². The molecular formula is C11H7ClF3NO. The van der Waals surface area contributed by atoms with Crippen LogP contribution in [0.3, 0.4) is 0 Å². The molecule has 1 heterocycles. The fraction of sp³-hybridized carbons (Fsp3) is 0.0909. The molecule has 2 rings (SSSR count). The molecule has 0 saturated carbocycles. The maximum atomic E-state index is 11.9. The summed E-state index contributed by atoms with van der Waals surface area (Å²) in [5.41, 5.74) is 1.35. The van der Waals surface area contributed by atoms with Crippen molar-refractivity contribution in [2.24, 2.45) is 0 Å². The fourth-order valence-corrected chi connectivity index (χ4v) is 1.62. The molecule has 0 saturated heterocycles. The lowest BCUT2D eigenvalue weighted by Gasteiger charge is -2.09. The quantitative estimate of drug-likeness (QED) is 0.860. The first kappa shape index (κ1) is 11.9. The van der Waals surface area contributed by atoms with Crippen molar-refractivity contribution in [3.05, 3.63) is 41.6 Å². The van der Waals surface area contributed by atoms with Gasteiger partial charge in [-0.1, -0.05) is 11.6 Å². The average molecular weight is 262 g/mol. The van der Waals surface area contributed by atoms with Gasteiger partial charge in [0.25, 0.3) is 0 Å². The third-order valence-electron chi connectivity index (χ3n) is 2.07. The van der Waals surface area contributed by atoms with Crippen molar-refractivity contribution >= 4 is 11.6 Å².